The van der Waals surface area contributed by atoms with Gasteiger partial charge in [-0.2, -0.15) is 0 Å². The second-order valence-corrected chi connectivity index (χ2v) is 6.28. The zero-order chi connectivity index (χ0) is 13.9. The molecule has 0 N–H and O–H groups in total. The molecule has 0 radical (unpaired) electrons. The van der Waals surface area contributed by atoms with Crippen molar-refractivity contribution in [3.63, 3.8) is 0 Å². The highest BCUT2D eigenvalue weighted by Crippen LogP contribution is 2.47. The van der Waals surface area contributed by atoms with Crippen LogP contribution in [0.4, 0.5) is 0 Å². The van der Waals surface area contributed by atoms with Gasteiger partial charge in [0.25, 0.3) is 0 Å². The molecule has 0 saturated heterocycles. The van der Waals surface area contributed by atoms with Crippen LogP contribution in [-0.2, 0) is 10.0 Å². The molecule has 2 heteroatoms. The molecule has 2 aromatic rings. The van der Waals surface area contributed by atoms with Gasteiger partial charge in [-0.05, 0) is 16.5 Å². The minimum atomic E-state index is -0.373. The summed E-state index contributed by atoms with van der Waals surface area (Å²) in [5.74, 6) is 0. The smallest absolute Gasteiger partial charge is 0.147 e. The maximum absolute atomic E-state index is 6.21. The quantitative estimate of drug-likeness (QED) is 0.778. The minimum Gasteiger partial charge on any atom is -0.414 e. The normalized spacial score (nSPS) is 12.6. The summed E-state index contributed by atoms with van der Waals surface area (Å²) in [6.45, 7) is 6.72. The molecule has 0 heterocycles. The van der Waals surface area contributed by atoms with Crippen molar-refractivity contribution >= 4 is 10.5 Å². The van der Waals surface area contributed by atoms with Gasteiger partial charge in [-0.15, -0.1) is 0 Å². The summed E-state index contributed by atoms with van der Waals surface area (Å²) >= 11 is 0. The third-order valence-electron chi connectivity index (χ3n) is 3.72. The Hall–Kier alpha value is -1.38. The van der Waals surface area contributed by atoms with Crippen LogP contribution in [0.1, 0.15) is 31.9 Å². The van der Waals surface area contributed by atoms with Gasteiger partial charge in [0.2, 0.25) is 0 Å². The summed E-state index contributed by atoms with van der Waals surface area (Å²) in [5.41, 5.74) is 2.06. The molecule has 0 bridgehead atoms. The van der Waals surface area contributed by atoms with Gasteiger partial charge in [0, 0.05) is 0 Å². The van der Waals surface area contributed by atoms with Crippen molar-refractivity contribution in [3.8, 4) is 0 Å². The third kappa shape index (κ3) is 2.38. The zero-order valence-electron chi connectivity index (χ0n) is 12.2. The van der Waals surface area contributed by atoms with Crippen molar-refractivity contribution < 1.29 is 4.43 Å². The van der Waals surface area contributed by atoms with Crippen LogP contribution in [-0.4, -0.2) is 10.5 Å². The molecule has 0 fully saturated rings. The van der Waals surface area contributed by atoms with E-state index in [9.17, 15) is 0 Å². The molecule has 0 spiro atoms. The lowest BCUT2D eigenvalue weighted by Gasteiger charge is -2.45. The Kier molecular flexibility index (Phi) is 3.93. The first-order valence-corrected chi connectivity index (χ1v) is 7.50. The molecule has 0 aromatic heterocycles. The Morgan fingerprint density at radius 3 is 1.37 bits per heavy atom. The van der Waals surface area contributed by atoms with Gasteiger partial charge < -0.3 is 4.43 Å². The van der Waals surface area contributed by atoms with Crippen molar-refractivity contribution in [2.75, 3.05) is 0 Å². The average molecular weight is 270 g/mol. The van der Waals surface area contributed by atoms with Crippen molar-refractivity contribution in [1.29, 1.82) is 0 Å². The first-order valence-electron chi connectivity index (χ1n) is 6.68. The van der Waals surface area contributed by atoms with E-state index in [1.165, 1.54) is 11.1 Å². The van der Waals surface area contributed by atoms with E-state index in [-0.39, 0.29) is 11.0 Å². The molecule has 0 amide bonds. The monoisotopic (exact) mass is 270 g/mol. The third-order valence-corrected chi connectivity index (χ3v) is 4.34. The van der Waals surface area contributed by atoms with Gasteiger partial charge >= 0.3 is 0 Å². The van der Waals surface area contributed by atoms with Crippen LogP contribution in [0, 0.1) is 5.41 Å². The van der Waals surface area contributed by atoms with E-state index < -0.39 is 0 Å². The lowest BCUT2D eigenvalue weighted by molar-refractivity contribution is 0.00678. The van der Waals surface area contributed by atoms with Crippen LogP contribution in [0.5, 0.6) is 0 Å². The maximum Gasteiger partial charge on any atom is 0.147 e. The van der Waals surface area contributed by atoms with Gasteiger partial charge in [0.05, 0.1) is 0 Å². The van der Waals surface area contributed by atoms with E-state index in [4.69, 9.17) is 4.43 Å². The fourth-order valence-electron chi connectivity index (χ4n) is 2.92. The highest BCUT2D eigenvalue weighted by atomic mass is 28.2. The Bertz CT molecular complexity index is 474. The van der Waals surface area contributed by atoms with E-state index >= 15 is 0 Å². The van der Waals surface area contributed by atoms with Crippen LogP contribution in [0.25, 0.3) is 0 Å². The zero-order valence-corrected chi connectivity index (χ0v) is 14.2. The Morgan fingerprint density at radius 2 is 1.11 bits per heavy atom. The molecule has 1 nitrogen and oxygen atoms in total. The van der Waals surface area contributed by atoms with Crippen molar-refractivity contribution in [2.45, 2.75) is 26.4 Å². The maximum atomic E-state index is 6.21. The van der Waals surface area contributed by atoms with E-state index in [2.05, 4.69) is 81.4 Å². The van der Waals surface area contributed by atoms with E-state index in [1.54, 1.807) is 0 Å². The number of hydrogen-bond acceptors (Lipinski definition) is 1. The SMILES string of the molecule is CC(C)(C)C(O[SiH3])(c1ccccc1)c1ccccc1. The molecule has 0 aliphatic heterocycles. The Balaban J connectivity index is 2.70. The highest BCUT2D eigenvalue weighted by Gasteiger charge is 2.44. The van der Waals surface area contributed by atoms with Crippen molar-refractivity contribution in [3.05, 3.63) is 71.8 Å². The molecule has 0 atom stereocenters. The van der Waals surface area contributed by atoms with Gasteiger partial charge in [0.15, 0.2) is 0 Å². The van der Waals surface area contributed by atoms with Crippen molar-refractivity contribution in [2.24, 2.45) is 5.41 Å². The van der Waals surface area contributed by atoms with Crippen LogP contribution >= 0.6 is 0 Å². The van der Waals surface area contributed by atoms with Crippen molar-refractivity contribution in [1.82, 2.24) is 0 Å². The topological polar surface area (TPSA) is 9.23 Å². The summed E-state index contributed by atoms with van der Waals surface area (Å²) in [4.78, 5) is 0. The first kappa shape index (κ1) is 14.0. The Morgan fingerprint density at radius 1 is 0.737 bits per heavy atom. The molecule has 0 saturated carbocycles. The first-order chi connectivity index (χ1) is 9.02. The fraction of sp³-hybridized carbons (Fsp3) is 0.294. The van der Waals surface area contributed by atoms with Crippen LogP contribution < -0.4 is 0 Å². The average Bonchev–Trinajstić information content (AvgIpc) is 2.41. The van der Waals surface area contributed by atoms with Crippen LogP contribution in [0.2, 0.25) is 0 Å². The highest BCUT2D eigenvalue weighted by molar-refractivity contribution is 5.98. The Labute approximate surface area is 119 Å². The van der Waals surface area contributed by atoms with Gasteiger partial charge in [0.1, 0.15) is 16.1 Å². The summed E-state index contributed by atoms with van der Waals surface area (Å²) in [5, 5.41) is 0. The number of benzene rings is 2. The molecule has 2 aromatic carbocycles. The second kappa shape index (κ2) is 5.31. The minimum absolute atomic E-state index is 0.0164. The summed E-state index contributed by atoms with van der Waals surface area (Å²) < 4.78 is 6.21. The summed E-state index contributed by atoms with van der Waals surface area (Å²) in [6, 6.07) is 21.1. The standard InChI is InChI=1S/C17H22OSi/c1-16(2,3)17(18-19,14-10-6-4-7-11-14)15-12-8-5-9-13-15/h4-13H,1-3,19H3. The molecule has 19 heavy (non-hydrogen) atoms. The number of hydrogen-bond donors (Lipinski definition) is 0. The molecule has 2 rings (SSSR count). The molecule has 0 aliphatic rings. The molecular formula is C17H22OSi. The van der Waals surface area contributed by atoms with Gasteiger partial charge in [-0.1, -0.05) is 81.4 Å². The van der Waals surface area contributed by atoms with Gasteiger partial charge in [-0.3, -0.25) is 0 Å². The summed E-state index contributed by atoms with van der Waals surface area (Å²) in [6.07, 6.45) is 0. The van der Waals surface area contributed by atoms with E-state index in [0.717, 1.165) is 0 Å². The van der Waals surface area contributed by atoms with E-state index in [1.807, 2.05) is 0 Å². The summed E-state index contributed by atoms with van der Waals surface area (Å²) in [7, 11) is 0.697. The lowest BCUT2D eigenvalue weighted by atomic mass is 9.68. The number of rotatable bonds is 3. The van der Waals surface area contributed by atoms with Gasteiger partial charge in [-0.25, -0.2) is 0 Å². The predicted molar refractivity (Wildman–Crippen MR) is 84.1 cm³/mol. The molecule has 0 aliphatic carbocycles. The van der Waals surface area contributed by atoms with E-state index in [0.29, 0.717) is 10.5 Å². The second-order valence-electron chi connectivity index (χ2n) is 5.87. The van der Waals surface area contributed by atoms with Crippen LogP contribution in [0.15, 0.2) is 60.7 Å². The predicted octanol–water partition coefficient (Wildman–Crippen LogP) is 3.27. The van der Waals surface area contributed by atoms with Crippen LogP contribution in [0.3, 0.4) is 0 Å². The molecule has 100 valence electrons. The molecule has 0 unspecified atom stereocenters. The fourth-order valence-corrected chi connectivity index (χ4v) is 4.00. The largest absolute Gasteiger partial charge is 0.414 e. The molecular weight excluding hydrogens is 248 g/mol. The lowest BCUT2D eigenvalue weighted by Crippen LogP contribution is -2.43.